The van der Waals surface area contributed by atoms with Crippen LogP contribution in [0.5, 0.6) is 0 Å². The van der Waals surface area contributed by atoms with Gasteiger partial charge in [0, 0.05) is 38.2 Å². The molecule has 1 atom stereocenters. The molecule has 0 saturated heterocycles. The number of amides is 1. The molecule has 0 aromatic carbocycles. The molecule has 0 fully saturated rings. The van der Waals surface area contributed by atoms with Crippen LogP contribution < -0.4 is 10.9 Å². The Kier molecular flexibility index (Phi) is 4.04. The van der Waals surface area contributed by atoms with Gasteiger partial charge in [-0.1, -0.05) is 6.07 Å². The minimum absolute atomic E-state index is 0.0985. The third-order valence-electron chi connectivity index (χ3n) is 3.88. The standard InChI is InChI=1S/C15H19N5O2/c1-11(15-18-17-12-5-4-9-20(12)15)16-13(21)7-10-19-8-3-2-6-14(19)22/h2-3,6,8,11H,4-5,7,9-10H2,1H3,(H,16,21). The van der Waals surface area contributed by atoms with Crippen LogP contribution in [0, 0.1) is 0 Å². The SMILES string of the molecule is CC(NC(=O)CCn1ccccc1=O)c1nnc2n1CCC2. The molecule has 1 amide bonds. The first kappa shape index (κ1) is 14.5. The van der Waals surface area contributed by atoms with Gasteiger partial charge in [0.25, 0.3) is 5.56 Å². The van der Waals surface area contributed by atoms with Crippen molar-refractivity contribution >= 4 is 5.91 Å². The van der Waals surface area contributed by atoms with Crippen molar-refractivity contribution in [2.45, 2.75) is 45.3 Å². The van der Waals surface area contributed by atoms with Gasteiger partial charge in [0.2, 0.25) is 5.91 Å². The maximum Gasteiger partial charge on any atom is 0.250 e. The molecule has 1 aliphatic rings. The Bertz CT molecular complexity index is 734. The van der Waals surface area contributed by atoms with Gasteiger partial charge < -0.3 is 14.5 Å². The fourth-order valence-electron chi connectivity index (χ4n) is 2.74. The summed E-state index contributed by atoms with van der Waals surface area (Å²) in [5, 5.41) is 11.2. The molecule has 3 rings (SSSR count). The highest BCUT2D eigenvalue weighted by molar-refractivity contribution is 5.76. The first-order valence-electron chi connectivity index (χ1n) is 7.52. The zero-order valence-corrected chi connectivity index (χ0v) is 12.5. The average molecular weight is 301 g/mol. The van der Waals surface area contributed by atoms with Gasteiger partial charge in [-0.15, -0.1) is 10.2 Å². The van der Waals surface area contributed by atoms with E-state index in [2.05, 4.69) is 20.1 Å². The van der Waals surface area contributed by atoms with E-state index in [1.165, 1.54) is 10.6 Å². The van der Waals surface area contributed by atoms with E-state index in [-0.39, 0.29) is 23.9 Å². The molecule has 2 aromatic rings. The molecule has 1 aliphatic heterocycles. The second-order valence-corrected chi connectivity index (χ2v) is 5.50. The maximum atomic E-state index is 12.0. The van der Waals surface area contributed by atoms with Gasteiger partial charge >= 0.3 is 0 Å². The van der Waals surface area contributed by atoms with Gasteiger partial charge in [-0.2, -0.15) is 0 Å². The number of rotatable bonds is 5. The highest BCUT2D eigenvalue weighted by Crippen LogP contribution is 2.18. The average Bonchev–Trinajstić information content (AvgIpc) is 3.09. The molecule has 1 N–H and O–H groups in total. The summed E-state index contributed by atoms with van der Waals surface area (Å²) in [6.07, 6.45) is 3.97. The Balaban J connectivity index is 1.57. The van der Waals surface area contributed by atoms with Crippen LogP contribution in [0.3, 0.4) is 0 Å². The zero-order chi connectivity index (χ0) is 15.5. The summed E-state index contributed by atoms with van der Waals surface area (Å²) >= 11 is 0. The number of hydrogen-bond acceptors (Lipinski definition) is 4. The number of nitrogens with zero attached hydrogens (tertiary/aromatic N) is 4. The molecule has 0 spiro atoms. The Morgan fingerprint density at radius 3 is 3.09 bits per heavy atom. The molecule has 0 aliphatic carbocycles. The molecule has 22 heavy (non-hydrogen) atoms. The number of pyridine rings is 1. The number of fused-ring (bicyclic) bond motifs is 1. The first-order valence-corrected chi connectivity index (χ1v) is 7.52. The molecule has 116 valence electrons. The first-order chi connectivity index (χ1) is 10.6. The molecule has 0 saturated carbocycles. The normalized spacial score (nSPS) is 14.6. The topological polar surface area (TPSA) is 81.8 Å². The highest BCUT2D eigenvalue weighted by atomic mass is 16.2. The van der Waals surface area contributed by atoms with E-state index in [9.17, 15) is 9.59 Å². The van der Waals surface area contributed by atoms with Crippen molar-refractivity contribution in [3.8, 4) is 0 Å². The smallest absolute Gasteiger partial charge is 0.250 e. The number of carbonyl (C=O) groups excluding carboxylic acids is 1. The highest BCUT2D eigenvalue weighted by Gasteiger charge is 2.22. The van der Waals surface area contributed by atoms with Gasteiger partial charge in [-0.3, -0.25) is 9.59 Å². The molecule has 2 aromatic heterocycles. The molecule has 3 heterocycles. The molecule has 0 bridgehead atoms. The quantitative estimate of drug-likeness (QED) is 0.879. The van der Waals surface area contributed by atoms with Crippen LogP contribution in [0.2, 0.25) is 0 Å². The van der Waals surface area contributed by atoms with Gasteiger partial charge in [-0.05, 0) is 19.4 Å². The number of aryl methyl sites for hydroxylation is 2. The second kappa shape index (κ2) is 6.13. The lowest BCUT2D eigenvalue weighted by Crippen LogP contribution is -2.30. The lowest BCUT2D eigenvalue weighted by Gasteiger charge is -2.14. The molecular weight excluding hydrogens is 282 g/mol. The van der Waals surface area contributed by atoms with Gasteiger partial charge in [0.1, 0.15) is 5.82 Å². The number of carbonyl (C=O) groups is 1. The molecular formula is C15H19N5O2. The van der Waals surface area contributed by atoms with Crippen molar-refractivity contribution in [2.75, 3.05) is 0 Å². The predicted molar refractivity (Wildman–Crippen MR) is 80.2 cm³/mol. The van der Waals surface area contributed by atoms with Crippen LogP contribution in [0.4, 0.5) is 0 Å². The van der Waals surface area contributed by atoms with E-state index in [1.54, 1.807) is 18.3 Å². The van der Waals surface area contributed by atoms with Crippen LogP contribution in [0.25, 0.3) is 0 Å². The van der Waals surface area contributed by atoms with Crippen molar-refractivity contribution in [3.05, 3.63) is 46.4 Å². The second-order valence-electron chi connectivity index (χ2n) is 5.50. The van der Waals surface area contributed by atoms with E-state index in [0.29, 0.717) is 6.54 Å². The summed E-state index contributed by atoms with van der Waals surface area (Å²) in [7, 11) is 0. The summed E-state index contributed by atoms with van der Waals surface area (Å²) in [5.41, 5.74) is -0.0985. The number of hydrogen-bond donors (Lipinski definition) is 1. The predicted octanol–water partition coefficient (Wildman–Crippen LogP) is 0.653. The largest absolute Gasteiger partial charge is 0.346 e. The monoisotopic (exact) mass is 301 g/mol. The van der Waals surface area contributed by atoms with Crippen molar-refractivity contribution in [2.24, 2.45) is 0 Å². The molecule has 1 unspecified atom stereocenters. The minimum Gasteiger partial charge on any atom is -0.346 e. The minimum atomic E-state index is -0.181. The fraction of sp³-hybridized carbons (Fsp3) is 0.467. The van der Waals surface area contributed by atoms with E-state index >= 15 is 0 Å². The van der Waals surface area contributed by atoms with Gasteiger partial charge in [0.05, 0.1) is 6.04 Å². The number of aromatic nitrogens is 4. The lowest BCUT2D eigenvalue weighted by atomic mass is 10.3. The Labute approximate surface area is 128 Å². The zero-order valence-electron chi connectivity index (χ0n) is 12.5. The Morgan fingerprint density at radius 1 is 1.41 bits per heavy atom. The maximum absolute atomic E-state index is 12.0. The van der Waals surface area contributed by atoms with Gasteiger partial charge in [-0.25, -0.2) is 0 Å². The van der Waals surface area contributed by atoms with Crippen molar-refractivity contribution in [3.63, 3.8) is 0 Å². The summed E-state index contributed by atoms with van der Waals surface area (Å²) < 4.78 is 3.60. The third kappa shape index (κ3) is 2.93. The van der Waals surface area contributed by atoms with E-state index in [4.69, 9.17) is 0 Å². The Hall–Kier alpha value is -2.44. The molecule has 7 nitrogen and oxygen atoms in total. The van der Waals surface area contributed by atoms with Gasteiger partial charge in [0.15, 0.2) is 5.82 Å². The lowest BCUT2D eigenvalue weighted by molar-refractivity contribution is -0.122. The fourth-order valence-corrected chi connectivity index (χ4v) is 2.74. The summed E-state index contributed by atoms with van der Waals surface area (Å²) in [6.45, 7) is 3.19. The van der Waals surface area contributed by atoms with Crippen molar-refractivity contribution in [1.29, 1.82) is 0 Å². The van der Waals surface area contributed by atoms with E-state index in [0.717, 1.165) is 31.0 Å². The molecule has 7 heteroatoms. The molecule has 0 radical (unpaired) electrons. The van der Waals surface area contributed by atoms with Crippen molar-refractivity contribution in [1.82, 2.24) is 24.6 Å². The van der Waals surface area contributed by atoms with E-state index in [1.807, 2.05) is 6.92 Å². The van der Waals surface area contributed by atoms with E-state index < -0.39 is 0 Å². The third-order valence-corrected chi connectivity index (χ3v) is 3.88. The van der Waals surface area contributed by atoms with Crippen LogP contribution in [0.15, 0.2) is 29.2 Å². The number of nitrogens with one attached hydrogen (secondary N) is 1. The van der Waals surface area contributed by atoms with Crippen LogP contribution in [-0.4, -0.2) is 25.2 Å². The summed E-state index contributed by atoms with van der Waals surface area (Å²) in [4.78, 5) is 23.6. The van der Waals surface area contributed by atoms with Crippen molar-refractivity contribution < 1.29 is 4.79 Å². The summed E-state index contributed by atoms with van der Waals surface area (Å²) in [6, 6.07) is 4.77. The summed E-state index contributed by atoms with van der Waals surface area (Å²) in [5.74, 6) is 1.70. The van der Waals surface area contributed by atoms with Crippen LogP contribution >= 0.6 is 0 Å². The Morgan fingerprint density at radius 2 is 2.27 bits per heavy atom. The van der Waals surface area contributed by atoms with Crippen LogP contribution in [0.1, 0.15) is 37.5 Å². The van der Waals surface area contributed by atoms with Crippen LogP contribution in [-0.2, 0) is 24.3 Å².